The number of hydrogen-bond donors (Lipinski definition) is 3. The minimum absolute atomic E-state index is 0.441. The van der Waals surface area contributed by atoms with E-state index in [1.54, 1.807) is 12.1 Å². The van der Waals surface area contributed by atoms with E-state index in [0.29, 0.717) is 18.5 Å². The first-order chi connectivity index (χ1) is 11.0. The van der Waals surface area contributed by atoms with Gasteiger partial charge in [0.25, 0.3) is 5.91 Å². The Hall–Kier alpha value is -2.57. The first kappa shape index (κ1) is 16.8. The zero-order valence-corrected chi connectivity index (χ0v) is 13.6. The minimum Gasteiger partial charge on any atom is -0.322 e. The minimum atomic E-state index is -0.937. The number of hydrogen-bond acceptors (Lipinski definition) is 3. The predicted octanol–water partition coefficient (Wildman–Crippen LogP) is 2.40. The standard InChI is InChI=1S/C16H22N4O3/c1-4-11-7-9-12(10-8-11)17-14(22)19-20-13(21)16(5-2,6-3)18-15(20)23/h7-10H,4-6H2,1-3H3,(H,18,23)(H2,17,19,22). The fourth-order valence-corrected chi connectivity index (χ4v) is 2.54. The zero-order chi connectivity index (χ0) is 17.0. The quantitative estimate of drug-likeness (QED) is 0.728. The second-order valence-corrected chi connectivity index (χ2v) is 5.48. The van der Waals surface area contributed by atoms with Crippen LogP contribution in [0.4, 0.5) is 15.3 Å². The lowest BCUT2D eigenvalue weighted by atomic mass is 9.93. The Labute approximate surface area is 135 Å². The van der Waals surface area contributed by atoms with Gasteiger partial charge < -0.3 is 10.6 Å². The normalized spacial score (nSPS) is 16.2. The molecule has 0 atom stereocenters. The van der Waals surface area contributed by atoms with Crippen LogP contribution in [0.5, 0.6) is 0 Å². The SMILES string of the molecule is CCc1ccc(NC(=O)NN2C(=O)NC(CC)(CC)C2=O)cc1. The molecule has 7 nitrogen and oxygen atoms in total. The molecule has 1 aliphatic rings. The summed E-state index contributed by atoms with van der Waals surface area (Å²) in [5.41, 5.74) is 3.10. The molecule has 2 rings (SSSR count). The van der Waals surface area contributed by atoms with Crippen LogP contribution in [-0.2, 0) is 11.2 Å². The second kappa shape index (κ2) is 6.68. The molecule has 7 heteroatoms. The third kappa shape index (κ3) is 3.28. The first-order valence-corrected chi connectivity index (χ1v) is 7.79. The molecule has 0 saturated carbocycles. The number of hydrazine groups is 1. The smallest absolute Gasteiger partial charge is 0.322 e. The maximum atomic E-state index is 12.4. The van der Waals surface area contributed by atoms with Gasteiger partial charge in [0.2, 0.25) is 0 Å². The number of aryl methyl sites for hydroxylation is 1. The molecule has 23 heavy (non-hydrogen) atoms. The Bertz CT molecular complexity index is 608. The van der Waals surface area contributed by atoms with Crippen molar-refractivity contribution in [3.63, 3.8) is 0 Å². The molecule has 1 aliphatic heterocycles. The van der Waals surface area contributed by atoms with E-state index in [1.165, 1.54) is 0 Å². The summed E-state index contributed by atoms with van der Waals surface area (Å²) < 4.78 is 0. The van der Waals surface area contributed by atoms with Crippen molar-refractivity contribution in [1.29, 1.82) is 0 Å². The van der Waals surface area contributed by atoms with E-state index < -0.39 is 23.5 Å². The van der Waals surface area contributed by atoms with E-state index in [4.69, 9.17) is 0 Å². The van der Waals surface area contributed by atoms with Gasteiger partial charge in [-0.25, -0.2) is 15.0 Å². The van der Waals surface area contributed by atoms with Crippen LogP contribution in [0.15, 0.2) is 24.3 Å². The average Bonchev–Trinajstić information content (AvgIpc) is 2.80. The molecule has 1 saturated heterocycles. The Kier molecular flexibility index (Phi) is 4.88. The van der Waals surface area contributed by atoms with Gasteiger partial charge in [-0.2, -0.15) is 5.01 Å². The van der Waals surface area contributed by atoms with Crippen molar-refractivity contribution in [1.82, 2.24) is 15.8 Å². The number of imide groups is 1. The molecule has 0 aromatic heterocycles. The van der Waals surface area contributed by atoms with Crippen LogP contribution in [0.25, 0.3) is 0 Å². The topological polar surface area (TPSA) is 90.5 Å². The molecular formula is C16H22N4O3. The largest absolute Gasteiger partial charge is 0.344 e. The summed E-state index contributed by atoms with van der Waals surface area (Å²) in [5.74, 6) is -0.441. The molecule has 1 aromatic rings. The molecule has 1 heterocycles. The third-order valence-electron chi connectivity index (χ3n) is 4.20. The number of nitrogens with one attached hydrogen (secondary N) is 3. The lowest BCUT2D eigenvalue weighted by Gasteiger charge is -2.23. The summed E-state index contributed by atoms with van der Waals surface area (Å²) in [6, 6.07) is 6.10. The zero-order valence-electron chi connectivity index (χ0n) is 13.6. The van der Waals surface area contributed by atoms with Crippen molar-refractivity contribution in [2.24, 2.45) is 0 Å². The molecular weight excluding hydrogens is 296 g/mol. The molecule has 0 spiro atoms. The fraction of sp³-hybridized carbons (Fsp3) is 0.438. The van der Waals surface area contributed by atoms with Crippen molar-refractivity contribution in [2.45, 2.75) is 45.6 Å². The highest BCUT2D eigenvalue weighted by Gasteiger charge is 2.49. The van der Waals surface area contributed by atoms with Gasteiger partial charge in [0, 0.05) is 5.69 Å². The number of rotatable bonds is 5. The number of urea groups is 2. The van der Waals surface area contributed by atoms with Crippen molar-refractivity contribution in [3.05, 3.63) is 29.8 Å². The summed E-state index contributed by atoms with van der Waals surface area (Å²) in [5, 5.41) is 5.99. The van der Waals surface area contributed by atoms with Crippen LogP contribution >= 0.6 is 0 Å². The molecule has 1 aromatic carbocycles. The molecule has 3 N–H and O–H groups in total. The van der Waals surface area contributed by atoms with Crippen molar-refractivity contribution in [3.8, 4) is 0 Å². The lowest BCUT2D eigenvalue weighted by Crippen LogP contribution is -2.50. The van der Waals surface area contributed by atoms with Crippen LogP contribution in [-0.4, -0.2) is 28.5 Å². The number of carbonyl (C=O) groups excluding carboxylic acids is 3. The maximum Gasteiger partial charge on any atom is 0.344 e. The number of benzene rings is 1. The van der Waals surface area contributed by atoms with E-state index in [0.717, 1.165) is 17.0 Å². The highest BCUT2D eigenvalue weighted by molar-refractivity contribution is 6.08. The lowest BCUT2D eigenvalue weighted by molar-refractivity contribution is -0.133. The van der Waals surface area contributed by atoms with Crippen molar-refractivity contribution in [2.75, 3.05) is 5.32 Å². The molecule has 1 fully saturated rings. The van der Waals surface area contributed by atoms with Crippen LogP contribution in [0.1, 0.15) is 39.2 Å². The predicted molar refractivity (Wildman–Crippen MR) is 86.7 cm³/mol. The molecule has 124 valence electrons. The van der Waals surface area contributed by atoms with Crippen molar-refractivity contribution >= 4 is 23.7 Å². The Morgan fingerprint density at radius 2 is 1.74 bits per heavy atom. The highest BCUT2D eigenvalue weighted by atomic mass is 16.2. The molecule has 0 radical (unpaired) electrons. The Morgan fingerprint density at radius 1 is 1.13 bits per heavy atom. The Morgan fingerprint density at radius 3 is 2.22 bits per heavy atom. The summed E-state index contributed by atoms with van der Waals surface area (Å²) in [4.78, 5) is 36.3. The van der Waals surface area contributed by atoms with Gasteiger partial charge in [0.15, 0.2) is 0 Å². The van der Waals surface area contributed by atoms with Gasteiger partial charge in [-0.1, -0.05) is 32.9 Å². The number of nitrogens with zero attached hydrogens (tertiary/aromatic N) is 1. The van der Waals surface area contributed by atoms with E-state index in [2.05, 4.69) is 16.1 Å². The fourth-order valence-electron chi connectivity index (χ4n) is 2.54. The van der Waals surface area contributed by atoms with Crippen LogP contribution in [0, 0.1) is 0 Å². The Balaban J connectivity index is 2.02. The van der Waals surface area contributed by atoms with Gasteiger partial charge >= 0.3 is 12.1 Å². The van der Waals surface area contributed by atoms with Crippen LogP contribution in [0.3, 0.4) is 0 Å². The summed E-state index contributed by atoms with van der Waals surface area (Å²) in [7, 11) is 0. The van der Waals surface area contributed by atoms with Crippen molar-refractivity contribution < 1.29 is 14.4 Å². The van der Waals surface area contributed by atoms with Gasteiger partial charge in [0.05, 0.1) is 0 Å². The highest BCUT2D eigenvalue weighted by Crippen LogP contribution is 2.23. The summed E-state index contributed by atoms with van der Waals surface area (Å²) in [6.07, 6.45) is 1.84. The van der Waals surface area contributed by atoms with Gasteiger partial charge in [-0.15, -0.1) is 0 Å². The second-order valence-electron chi connectivity index (χ2n) is 5.48. The van der Waals surface area contributed by atoms with E-state index in [-0.39, 0.29) is 0 Å². The maximum absolute atomic E-state index is 12.4. The summed E-state index contributed by atoms with van der Waals surface area (Å²) in [6.45, 7) is 5.68. The molecule has 0 aliphatic carbocycles. The summed E-state index contributed by atoms with van der Waals surface area (Å²) >= 11 is 0. The third-order valence-corrected chi connectivity index (χ3v) is 4.20. The molecule has 0 bridgehead atoms. The van der Waals surface area contributed by atoms with E-state index in [1.807, 2.05) is 32.9 Å². The monoisotopic (exact) mass is 318 g/mol. The van der Waals surface area contributed by atoms with E-state index in [9.17, 15) is 14.4 Å². The number of anilines is 1. The molecule has 5 amide bonds. The number of amides is 5. The number of carbonyl (C=O) groups is 3. The van der Waals surface area contributed by atoms with Crippen LogP contribution in [0.2, 0.25) is 0 Å². The first-order valence-electron chi connectivity index (χ1n) is 7.79. The van der Waals surface area contributed by atoms with Gasteiger partial charge in [-0.3, -0.25) is 4.79 Å². The average molecular weight is 318 g/mol. The molecule has 0 unspecified atom stereocenters. The van der Waals surface area contributed by atoms with E-state index >= 15 is 0 Å². The van der Waals surface area contributed by atoms with Gasteiger partial charge in [0.1, 0.15) is 5.54 Å². The van der Waals surface area contributed by atoms with Crippen LogP contribution < -0.4 is 16.1 Å². The van der Waals surface area contributed by atoms with Gasteiger partial charge in [-0.05, 0) is 37.0 Å².